The number of nitrogens with two attached hydrogens (primary N) is 1. The minimum Gasteiger partial charge on any atom is -0.328 e. The molecule has 0 aliphatic carbocycles. The van der Waals surface area contributed by atoms with Crippen LogP contribution in [0.15, 0.2) is 17.5 Å². The van der Waals surface area contributed by atoms with E-state index in [1.165, 1.54) is 49.8 Å². The zero-order chi connectivity index (χ0) is 10.9. The van der Waals surface area contributed by atoms with Gasteiger partial charge in [-0.05, 0) is 37.1 Å². The summed E-state index contributed by atoms with van der Waals surface area (Å²) in [5.41, 5.74) is 6.06. The molecule has 1 heterocycles. The maximum Gasteiger partial charge on any atom is 0.00452 e. The van der Waals surface area contributed by atoms with Gasteiger partial charge >= 0.3 is 0 Å². The Balaban J connectivity index is 1.99. The maximum atomic E-state index is 6.06. The van der Waals surface area contributed by atoms with E-state index in [4.69, 9.17) is 5.73 Å². The molecule has 0 radical (unpaired) electrons. The van der Waals surface area contributed by atoms with E-state index in [1.54, 1.807) is 0 Å². The molecule has 0 saturated carbocycles. The number of unbranched alkanes of at least 4 members (excludes halogenated alkanes) is 2. The van der Waals surface area contributed by atoms with Crippen molar-refractivity contribution in [3.05, 3.63) is 22.4 Å². The van der Waals surface area contributed by atoms with Gasteiger partial charge in [0, 0.05) is 10.9 Å². The van der Waals surface area contributed by atoms with Crippen LogP contribution in [0.1, 0.15) is 50.3 Å². The molecule has 0 amide bonds. The van der Waals surface area contributed by atoms with Crippen molar-refractivity contribution < 1.29 is 0 Å². The lowest BCUT2D eigenvalue weighted by atomic mass is 10.0. The van der Waals surface area contributed by atoms with Gasteiger partial charge in [0.1, 0.15) is 0 Å². The van der Waals surface area contributed by atoms with Crippen molar-refractivity contribution >= 4 is 11.3 Å². The van der Waals surface area contributed by atoms with E-state index in [-0.39, 0.29) is 0 Å². The molecule has 2 heteroatoms. The third-order valence-corrected chi connectivity index (χ3v) is 3.69. The second-order valence-corrected chi connectivity index (χ2v) is 5.26. The van der Waals surface area contributed by atoms with Gasteiger partial charge in [-0.2, -0.15) is 0 Å². The Morgan fingerprint density at radius 2 is 2.07 bits per heavy atom. The van der Waals surface area contributed by atoms with Crippen LogP contribution < -0.4 is 5.73 Å². The highest BCUT2D eigenvalue weighted by Gasteiger charge is 2.02. The molecule has 0 aliphatic rings. The third kappa shape index (κ3) is 5.95. The Morgan fingerprint density at radius 1 is 1.27 bits per heavy atom. The summed E-state index contributed by atoms with van der Waals surface area (Å²) in [7, 11) is 0. The zero-order valence-electron chi connectivity index (χ0n) is 9.74. The third-order valence-electron chi connectivity index (χ3n) is 2.76. The summed E-state index contributed by atoms with van der Waals surface area (Å²) in [5, 5.41) is 2.15. The molecule has 1 aromatic rings. The molecule has 1 atom stereocenters. The van der Waals surface area contributed by atoms with Crippen LogP contribution in [0.4, 0.5) is 0 Å². The second-order valence-electron chi connectivity index (χ2n) is 4.23. The molecule has 1 aromatic heterocycles. The smallest absolute Gasteiger partial charge is 0.00452 e. The monoisotopic (exact) mass is 225 g/mol. The summed E-state index contributed by atoms with van der Waals surface area (Å²) in [4.78, 5) is 1.50. The van der Waals surface area contributed by atoms with Crippen molar-refractivity contribution in [1.29, 1.82) is 0 Å². The van der Waals surface area contributed by atoms with E-state index < -0.39 is 0 Å². The fraction of sp³-hybridized carbons (Fsp3) is 0.692. The summed E-state index contributed by atoms with van der Waals surface area (Å²) >= 11 is 1.86. The molecule has 1 rings (SSSR count). The molecule has 15 heavy (non-hydrogen) atoms. The van der Waals surface area contributed by atoms with Crippen LogP contribution >= 0.6 is 11.3 Å². The molecule has 0 fully saturated rings. The van der Waals surface area contributed by atoms with Gasteiger partial charge in [-0.3, -0.25) is 0 Å². The Kier molecular flexibility index (Phi) is 6.69. The predicted molar refractivity (Wildman–Crippen MR) is 69.4 cm³/mol. The van der Waals surface area contributed by atoms with E-state index in [9.17, 15) is 0 Å². The van der Waals surface area contributed by atoms with Crippen molar-refractivity contribution in [2.45, 2.75) is 57.9 Å². The maximum absolute atomic E-state index is 6.06. The summed E-state index contributed by atoms with van der Waals surface area (Å²) in [6, 6.07) is 4.77. The van der Waals surface area contributed by atoms with Crippen LogP contribution in [0, 0.1) is 0 Å². The molecular weight excluding hydrogens is 202 g/mol. The van der Waals surface area contributed by atoms with Crippen LogP contribution in [0.2, 0.25) is 0 Å². The number of rotatable bonds is 8. The normalized spacial score (nSPS) is 12.9. The quantitative estimate of drug-likeness (QED) is 0.665. The van der Waals surface area contributed by atoms with Crippen LogP contribution in [-0.2, 0) is 6.42 Å². The molecule has 0 spiro atoms. The van der Waals surface area contributed by atoms with Crippen molar-refractivity contribution in [3.8, 4) is 0 Å². The van der Waals surface area contributed by atoms with Gasteiger partial charge in [0.05, 0.1) is 0 Å². The minimum atomic E-state index is 0.427. The second kappa shape index (κ2) is 7.89. The van der Waals surface area contributed by atoms with Gasteiger partial charge in [-0.1, -0.05) is 32.3 Å². The van der Waals surface area contributed by atoms with Gasteiger partial charge in [-0.15, -0.1) is 11.3 Å². The predicted octanol–water partition coefficient (Wildman–Crippen LogP) is 3.98. The number of hydrogen-bond donors (Lipinski definition) is 1. The molecule has 2 N–H and O–H groups in total. The molecule has 0 aliphatic heterocycles. The molecular formula is C13H23NS. The van der Waals surface area contributed by atoms with E-state index in [0.717, 1.165) is 0 Å². The van der Waals surface area contributed by atoms with Gasteiger partial charge in [0.15, 0.2) is 0 Å². The fourth-order valence-corrected chi connectivity index (χ4v) is 2.55. The Hall–Kier alpha value is -0.340. The summed E-state index contributed by atoms with van der Waals surface area (Å²) in [6.07, 6.45) is 8.77. The molecule has 86 valence electrons. The van der Waals surface area contributed by atoms with Gasteiger partial charge in [0.2, 0.25) is 0 Å². The van der Waals surface area contributed by atoms with E-state index >= 15 is 0 Å². The van der Waals surface area contributed by atoms with E-state index in [2.05, 4.69) is 24.4 Å². The number of thiophene rings is 1. The summed E-state index contributed by atoms with van der Waals surface area (Å²) in [5.74, 6) is 0. The molecule has 1 unspecified atom stereocenters. The van der Waals surface area contributed by atoms with Crippen molar-refractivity contribution in [1.82, 2.24) is 0 Å². The molecule has 1 nitrogen and oxygen atoms in total. The number of aryl methyl sites for hydroxylation is 1. The Morgan fingerprint density at radius 3 is 2.73 bits per heavy atom. The molecule has 0 bridgehead atoms. The lowest BCUT2D eigenvalue weighted by molar-refractivity contribution is 0.514. The first kappa shape index (κ1) is 12.7. The highest BCUT2D eigenvalue weighted by atomic mass is 32.1. The average Bonchev–Trinajstić information content (AvgIpc) is 2.71. The Bertz CT molecular complexity index is 231. The lowest BCUT2D eigenvalue weighted by Crippen LogP contribution is -2.19. The van der Waals surface area contributed by atoms with Crippen molar-refractivity contribution in [2.24, 2.45) is 5.73 Å². The largest absolute Gasteiger partial charge is 0.328 e. The van der Waals surface area contributed by atoms with Crippen LogP contribution in [0.5, 0.6) is 0 Å². The average molecular weight is 225 g/mol. The first-order chi connectivity index (χ1) is 7.33. The topological polar surface area (TPSA) is 26.0 Å². The first-order valence-corrected chi connectivity index (χ1v) is 6.99. The first-order valence-electron chi connectivity index (χ1n) is 6.11. The number of hydrogen-bond acceptors (Lipinski definition) is 2. The standard InChI is InChI=1S/C13H23NS/c1-2-3-4-7-12(14)8-5-9-13-10-6-11-15-13/h6,10-12H,2-5,7-9,14H2,1H3. The van der Waals surface area contributed by atoms with E-state index in [0.29, 0.717) is 6.04 Å². The lowest BCUT2D eigenvalue weighted by Gasteiger charge is -2.10. The van der Waals surface area contributed by atoms with Gasteiger partial charge in [0.25, 0.3) is 0 Å². The molecule has 0 aromatic carbocycles. The summed E-state index contributed by atoms with van der Waals surface area (Å²) in [6.45, 7) is 2.24. The summed E-state index contributed by atoms with van der Waals surface area (Å²) < 4.78 is 0. The Labute approximate surface area is 97.7 Å². The van der Waals surface area contributed by atoms with Crippen molar-refractivity contribution in [2.75, 3.05) is 0 Å². The van der Waals surface area contributed by atoms with Crippen LogP contribution in [-0.4, -0.2) is 6.04 Å². The van der Waals surface area contributed by atoms with Crippen molar-refractivity contribution in [3.63, 3.8) is 0 Å². The molecule has 0 saturated heterocycles. The minimum absolute atomic E-state index is 0.427. The van der Waals surface area contributed by atoms with Gasteiger partial charge < -0.3 is 5.73 Å². The van der Waals surface area contributed by atoms with Gasteiger partial charge in [-0.25, -0.2) is 0 Å². The van der Waals surface area contributed by atoms with Crippen LogP contribution in [0.25, 0.3) is 0 Å². The highest BCUT2D eigenvalue weighted by Crippen LogP contribution is 2.13. The highest BCUT2D eigenvalue weighted by molar-refractivity contribution is 7.09. The SMILES string of the molecule is CCCCCC(N)CCCc1cccs1. The zero-order valence-corrected chi connectivity index (χ0v) is 10.6. The van der Waals surface area contributed by atoms with E-state index in [1.807, 2.05) is 11.3 Å². The van der Waals surface area contributed by atoms with Crippen LogP contribution in [0.3, 0.4) is 0 Å². The fourth-order valence-electron chi connectivity index (χ4n) is 1.79.